The maximum absolute atomic E-state index is 12.4. The van der Waals surface area contributed by atoms with E-state index in [0.717, 1.165) is 18.5 Å². The molecular formula is C16H20N4O3. The molecule has 122 valence electrons. The normalized spacial score (nSPS) is 18.2. The number of likely N-dealkylation sites (tertiary alicyclic amines) is 1. The van der Waals surface area contributed by atoms with Gasteiger partial charge in [-0.15, -0.1) is 0 Å². The minimum absolute atomic E-state index is 0.0200. The van der Waals surface area contributed by atoms with Crippen molar-refractivity contribution in [1.82, 2.24) is 19.2 Å². The molecule has 1 N–H and O–H groups in total. The second-order valence-corrected chi connectivity index (χ2v) is 5.77. The Bertz CT molecular complexity index is 750. The second kappa shape index (κ2) is 6.37. The average Bonchev–Trinajstić information content (AvgIpc) is 2.90. The summed E-state index contributed by atoms with van der Waals surface area (Å²) in [6.45, 7) is 0.626. The highest BCUT2D eigenvalue weighted by atomic mass is 16.3. The van der Waals surface area contributed by atoms with Gasteiger partial charge < -0.3 is 10.0 Å². The molecule has 1 atom stereocenters. The fourth-order valence-corrected chi connectivity index (χ4v) is 3.08. The number of para-hydroxylation sites is 1. The van der Waals surface area contributed by atoms with Gasteiger partial charge in [0.25, 0.3) is 0 Å². The summed E-state index contributed by atoms with van der Waals surface area (Å²) in [7, 11) is 1.63. The van der Waals surface area contributed by atoms with Crippen LogP contribution in [0.25, 0.3) is 5.69 Å². The highest BCUT2D eigenvalue weighted by Gasteiger charge is 2.29. The Morgan fingerprint density at radius 1 is 1.35 bits per heavy atom. The summed E-state index contributed by atoms with van der Waals surface area (Å²) in [5, 5.41) is 13.5. The van der Waals surface area contributed by atoms with Crippen LogP contribution in [0.3, 0.4) is 0 Å². The minimum atomic E-state index is -0.486. The van der Waals surface area contributed by atoms with Crippen LogP contribution >= 0.6 is 0 Å². The molecule has 0 aliphatic carbocycles. The van der Waals surface area contributed by atoms with Gasteiger partial charge in [0.05, 0.1) is 5.69 Å². The number of aliphatic hydroxyl groups excluding tert-OH is 1. The molecule has 1 aliphatic rings. The summed E-state index contributed by atoms with van der Waals surface area (Å²) in [6, 6.07) is 9.38. The predicted octanol–water partition coefficient (Wildman–Crippen LogP) is 0.269. The van der Waals surface area contributed by atoms with E-state index in [-0.39, 0.29) is 17.5 Å². The van der Waals surface area contributed by atoms with Crippen LogP contribution < -0.4 is 5.69 Å². The van der Waals surface area contributed by atoms with Crippen LogP contribution in [0.1, 0.15) is 24.6 Å². The van der Waals surface area contributed by atoms with Crippen LogP contribution in [0.2, 0.25) is 0 Å². The molecule has 1 aromatic carbocycles. The summed E-state index contributed by atoms with van der Waals surface area (Å²) in [6.07, 6.45) is 1.69. The first kappa shape index (κ1) is 15.5. The first-order chi connectivity index (χ1) is 11.1. The lowest BCUT2D eigenvalue weighted by atomic mass is 9.97. The Morgan fingerprint density at radius 2 is 2.09 bits per heavy atom. The van der Waals surface area contributed by atoms with Crippen molar-refractivity contribution in [3.63, 3.8) is 0 Å². The highest BCUT2D eigenvalue weighted by Crippen LogP contribution is 2.26. The van der Waals surface area contributed by atoms with E-state index in [0.29, 0.717) is 18.9 Å². The van der Waals surface area contributed by atoms with Crippen LogP contribution in [0, 0.1) is 0 Å². The maximum atomic E-state index is 12.4. The molecule has 0 radical (unpaired) electrons. The topological polar surface area (TPSA) is 80.4 Å². The fourth-order valence-electron chi connectivity index (χ4n) is 3.08. The molecule has 1 amide bonds. The van der Waals surface area contributed by atoms with E-state index in [1.165, 1.54) is 4.68 Å². The van der Waals surface area contributed by atoms with E-state index < -0.39 is 6.61 Å². The van der Waals surface area contributed by atoms with Gasteiger partial charge in [-0.3, -0.25) is 4.79 Å². The number of carbonyl (C=O) groups is 1. The molecule has 0 spiro atoms. The number of carbonyl (C=O) groups excluding carboxylic acids is 1. The Hall–Kier alpha value is -2.41. The van der Waals surface area contributed by atoms with Crippen molar-refractivity contribution in [2.24, 2.45) is 7.05 Å². The molecule has 2 aromatic rings. The average molecular weight is 316 g/mol. The quantitative estimate of drug-likeness (QED) is 0.881. The van der Waals surface area contributed by atoms with E-state index in [9.17, 15) is 9.59 Å². The lowest BCUT2D eigenvalue weighted by molar-refractivity contribution is -0.135. The van der Waals surface area contributed by atoms with Gasteiger partial charge in [0.1, 0.15) is 12.4 Å². The smallest absolute Gasteiger partial charge is 0.350 e. The fraction of sp³-hybridized carbons (Fsp3) is 0.438. The van der Waals surface area contributed by atoms with Crippen molar-refractivity contribution < 1.29 is 9.90 Å². The molecular weight excluding hydrogens is 296 g/mol. The van der Waals surface area contributed by atoms with Gasteiger partial charge >= 0.3 is 5.69 Å². The molecule has 1 aromatic heterocycles. The third kappa shape index (κ3) is 2.92. The third-order valence-corrected chi connectivity index (χ3v) is 4.24. The number of aryl methyl sites for hydroxylation is 1. The van der Waals surface area contributed by atoms with Crippen molar-refractivity contribution in [2.45, 2.75) is 18.8 Å². The van der Waals surface area contributed by atoms with Gasteiger partial charge in [-0.25, -0.2) is 14.0 Å². The summed E-state index contributed by atoms with van der Waals surface area (Å²) < 4.78 is 2.94. The van der Waals surface area contributed by atoms with Gasteiger partial charge in [0.2, 0.25) is 5.91 Å². The van der Waals surface area contributed by atoms with Gasteiger partial charge in [-0.1, -0.05) is 18.2 Å². The SMILES string of the molecule is Cn1nc(C2CCCN(C(=O)CO)C2)n(-c2ccccc2)c1=O. The van der Waals surface area contributed by atoms with E-state index in [4.69, 9.17) is 5.11 Å². The number of aliphatic hydroxyl groups is 1. The van der Waals surface area contributed by atoms with E-state index in [1.54, 1.807) is 16.5 Å². The molecule has 1 aliphatic heterocycles. The zero-order valence-corrected chi connectivity index (χ0v) is 13.1. The van der Waals surface area contributed by atoms with E-state index in [1.807, 2.05) is 30.3 Å². The van der Waals surface area contributed by atoms with Crippen molar-refractivity contribution in [1.29, 1.82) is 0 Å². The number of nitrogens with zero attached hydrogens (tertiary/aromatic N) is 4. The largest absolute Gasteiger partial charge is 0.387 e. The maximum Gasteiger partial charge on any atom is 0.350 e. The molecule has 1 saturated heterocycles. The summed E-state index contributed by atoms with van der Waals surface area (Å²) in [5.41, 5.74) is 0.572. The van der Waals surface area contributed by atoms with Crippen LogP contribution in [-0.4, -0.2) is 50.0 Å². The molecule has 1 unspecified atom stereocenters. The van der Waals surface area contributed by atoms with E-state index in [2.05, 4.69) is 5.10 Å². The minimum Gasteiger partial charge on any atom is -0.387 e. The zero-order valence-electron chi connectivity index (χ0n) is 13.1. The first-order valence-electron chi connectivity index (χ1n) is 7.72. The van der Waals surface area contributed by atoms with Gasteiger partial charge in [0.15, 0.2) is 0 Å². The highest BCUT2D eigenvalue weighted by molar-refractivity contribution is 5.77. The number of hydrogen-bond acceptors (Lipinski definition) is 4. The van der Waals surface area contributed by atoms with Crippen molar-refractivity contribution >= 4 is 5.91 Å². The number of rotatable bonds is 3. The van der Waals surface area contributed by atoms with Crippen LogP contribution in [0.15, 0.2) is 35.1 Å². The molecule has 3 rings (SSSR count). The summed E-state index contributed by atoms with van der Waals surface area (Å²) >= 11 is 0. The molecule has 7 nitrogen and oxygen atoms in total. The molecule has 0 saturated carbocycles. The lowest BCUT2D eigenvalue weighted by Gasteiger charge is -2.31. The van der Waals surface area contributed by atoms with E-state index >= 15 is 0 Å². The standard InChI is InChI=1S/C16H20N4O3/c1-18-16(23)20(13-7-3-2-4-8-13)15(17-18)12-6-5-9-19(10-12)14(22)11-21/h2-4,7-8,12,21H,5-6,9-11H2,1H3. The number of benzene rings is 1. The Morgan fingerprint density at radius 3 is 2.78 bits per heavy atom. The number of piperidine rings is 1. The molecule has 23 heavy (non-hydrogen) atoms. The number of aromatic nitrogens is 3. The van der Waals surface area contributed by atoms with Gasteiger partial charge in [-0.2, -0.15) is 5.10 Å². The first-order valence-corrected chi connectivity index (χ1v) is 7.72. The predicted molar refractivity (Wildman–Crippen MR) is 84.4 cm³/mol. The van der Waals surface area contributed by atoms with Crippen LogP contribution in [-0.2, 0) is 11.8 Å². The lowest BCUT2D eigenvalue weighted by Crippen LogP contribution is -2.41. The Labute approximate surface area is 133 Å². The van der Waals surface area contributed by atoms with Crippen LogP contribution in [0.4, 0.5) is 0 Å². The molecule has 1 fully saturated rings. The molecule has 7 heteroatoms. The molecule has 0 bridgehead atoms. The van der Waals surface area contributed by atoms with Gasteiger partial charge in [-0.05, 0) is 25.0 Å². The zero-order chi connectivity index (χ0) is 16.4. The number of amides is 1. The Balaban J connectivity index is 1.99. The van der Waals surface area contributed by atoms with Crippen LogP contribution in [0.5, 0.6) is 0 Å². The van der Waals surface area contributed by atoms with Crippen molar-refractivity contribution in [2.75, 3.05) is 19.7 Å². The van der Waals surface area contributed by atoms with Crippen molar-refractivity contribution in [3.05, 3.63) is 46.6 Å². The monoisotopic (exact) mass is 316 g/mol. The van der Waals surface area contributed by atoms with Gasteiger partial charge in [0, 0.05) is 26.1 Å². The third-order valence-electron chi connectivity index (χ3n) is 4.24. The Kier molecular flexibility index (Phi) is 4.29. The second-order valence-electron chi connectivity index (χ2n) is 5.77. The number of hydrogen-bond donors (Lipinski definition) is 1. The summed E-state index contributed by atoms with van der Waals surface area (Å²) in [5.74, 6) is 0.367. The van der Waals surface area contributed by atoms with Crippen molar-refractivity contribution in [3.8, 4) is 5.69 Å². The molecule has 2 heterocycles. The summed E-state index contributed by atoms with van der Waals surface area (Å²) in [4.78, 5) is 25.8.